The highest BCUT2D eigenvalue weighted by molar-refractivity contribution is 5.99. The van der Waals surface area contributed by atoms with Gasteiger partial charge < -0.3 is 19.5 Å². The molecule has 0 saturated heterocycles. The molecule has 4 aromatic carbocycles. The number of aromatic nitrogens is 6. The van der Waals surface area contributed by atoms with Crippen molar-refractivity contribution in [2.24, 2.45) is 0 Å². The number of H-pyrrole nitrogens is 1. The number of tetrazole rings is 1. The molecule has 1 amide bonds. The summed E-state index contributed by atoms with van der Waals surface area (Å²) in [5.74, 6) is 0.446. The molecule has 6 rings (SSSR count). The number of unbranched alkanes of at least 4 members (excludes halogenated alkanes) is 2. The number of hydrogen-bond acceptors (Lipinski definition) is 10. The topological polar surface area (TPSA) is 180 Å². The molecule has 0 saturated carbocycles. The predicted octanol–water partition coefficient (Wildman–Crippen LogP) is 6.15. The van der Waals surface area contributed by atoms with E-state index in [0.29, 0.717) is 30.8 Å². The van der Waals surface area contributed by atoms with Crippen LogP contribution in [0.1, 0.15) is 59.9 Å². The minimum atomic E-state index is -0.954. The standard InChI is InChI=1S/C39H40N8O6/c1-2-3-15-36-40-33-21-20-30(38(48)41-34(24-27-11-5-4-6-12-27)39(49)52-22-9-10-23-53-47(50)51)25-35(33)46(36)26-28-16-18-29(19-17-28)31-13-7-8-14-32(31)37-42-44-45-43-37/h4-8,11-14,16-21,25,34H,2-3,9-10,15,22-24,26H2,1H3,(H,41,48)(H,42,43,44,45). The van der Waals surface area contributed by atoms with E-state index in [2.05, 4.69) is 66.5 Å². The molecule has 0 aliphatic rings. The zero-order valence-corrected chi connectivity index (χ0v) is 29.3. The highest BCUT2D eigenvalue weighted by Crippen LogP contribution is 2.30. The van der Waals surface area contributed by atoms with Gasteiger partial charge >= 0.3 is 5.97 Å². The fourth-order valence-corrected chi connectivity index (χ4v) is 6.10. The number of fused-ring (bicyclic) bond motifs is 1. The minimum Gasteiger partial charge on any atom is -0.464 e. The van der Waals surface area contributed by atoms with Crippen LogP contribution in [0.25, 0.3) is 33.5 Å². The minimum absolute atomic E-state index is 0.0407. The van der Waals surface area contributed by atoms with Crippen molar-refractivity contribution in [3.05, 3.63) is 130 Å². The average Bonchev–Trinajstić information content (AvgIpc) is 3.84. The van der Waals surface area contributed by atoms with E-state index in [1.165, 1.54) is 0 Å². The van der Waals surface area contributed by atoms with Gasteiger partial charge in [0.2, 0.25) is 5.82 Å². The van der Waals surface area contributed by atoms with Crippen LogP contribution in [0.2, 0.25) is 0 Å². The molecular formula is C39H40N8O6. The van der Waals surface area contributed by atoms with Crippen molar-refractivity contribution in [3.8, 4) is 22.5 Å². The molecule has 2 N–H and O–H groups in total. The molecule has 0 radical (unpaired) electrons. The van der Waals surface area contributed by atoms with Crippen molar-refractivity contribution in [1.29, 1.82) is 0 Å². The maximum absolute atomic E-state index is 13.8. The summed E-state index contributed by atoms with van der Waals surface area (Å²) in [7, 11) is 0. The second kappa shape index (κ2) is 17.7. The Morgan fingerprint density at radius 1 is 0.906 bits per heavy atom. The third-order valence-electron chi connectivity index (χ3n) is 8.81. The number of nitrogens with zero attached hydrogens (tertiary/aromatic N) is 6. The molecule has 0 fully saturated rings. The van der Waals surface area contributed by atoms with Gasteiger partial charge in [-0.05, 0) is 64.9 Å². The van der Waals surface area contributed by atoms with Gasteiger partial charge in [0.15, 0.2) is 0 Å². The maximum atomic E-state index is 13.8. The Morgan fingerprint density at radius 2 is 1.66 bits per heavy atom. The van der Waals surface area contributed by atoms with E-state index in [0.717, 1.165) is 63.9 Å². The lowest BCUT2D eigenvalue weighted by Gasteiger charge is -2.18. The first kappa shape index (κ1) is 36.4. The maximum Gasteiger partial charge on any atom is 0.328 e. The number of hydrogen-bond donors (Lipinski definition) is 2. The molecule has 0 aliphatic carbocycles. The van der Waals surface area contributed by atoms with Crippen LogP contribution in [0.5, 0.6) is 0 Å². The van der Waals surface area contributed by atoms with Gasteiger partial charge in [-0.25, -0.2) is 9.78 Å². The Balaban J connectivity index is 1.21. The van der Waals surface area contributed by atoms with Crippen molar-refractivity contribution in [2.45, 2.75) is 58.0 Å². The van der Waals surface area contributed by atoms with Gasteiger partial charge in [0.1, 0.15) is 11.9 Å². The third kappa shape index (κ3) is 9.47. The van der Waals surface area contributed by atoms with Crippen LogP contribution in [0.15, 0.2) is 97.1 Å². The Bertz CT molecular complexity index is 2140. The van der Waals surface area contributed by atoms with Gasteiger partial charge in [-0.15, -0.1) is 20.3 Å². The number of carbonyl (C=O) groups excluding carboxylic acids is 2. The Kier molecular flexibility index (Phi) is 12.1. The zero-order valence-electron chi connectivity index (χ0n) is 29.3. The second-order valence-electron chi connectivity index (χ2n) is 12.5. The molecule has 14 nitrogen and oxygen atoms in total. The van der Waals surface area contributed by atoms with Crippen LogP contribution < -0.4 is 5.32 Å². The first-order chi connectivity index (χ1) is 25.9. The Labute approximate surface area is 305 Å². The van der Waals surface area contributed by atoms with Crippen molar-refractivity contribution in [1.82, 2.24) is 35.5 Å². The number of amides is 1. The molecule has 0 aliphatic heterocycles. The molecule has 0 spiro atoms. The summed E-state index contributed by atoms with van der Waals surface area (Å²) < 4.78 is 7.63. The van der Waals surface area contributed by atoms with Crippen LogP contribution in [0, 0.1) is 10.1 Å². The third-order valence-corrected chi connectivity index (χ3v) is 8.81. The number of esters is 1. The van der Waals surface area contributed by atoms with Gasteiger partial charge in [0, 0.05) is 30.5 Å². The molecule has 14 heteroatoms. The van der Waals surface area contributed by atoms with Gasteiger partial charge in [-0.3, -0.25) is 4.79 Å². The number of benzene rings is 4. The largest absolute Gasteiger partial charge is 0.464 e. The van der Waals surface area contributed by atoms with Crippen LogP contribution in [-0.2, 0) is 33.8 Å². The quantitative estimate of drug-likeness (QED) is 0.0454. The van der Waals surface area contributed by atoms with Crippen LogP contribution in [0.3, 0.4) is 0 Å². The SMILES string of the molecule is CCCCc1nc2ccc(C(=O)NC(Cc3ccccc3)C(=O)OCCCCO[N+](=O)[O-])cc2n1Cc1ccc(-c2ccccc2-c2nn[nH]n2)cc1. The van der Waals surface area contributed by atoms with Crippen molar-refractivity contribution in [3.63, 3.8) is 0 Å². The monoisotopic (exact) mass is 716 g/mol. The molecule has 0 bridgehead atoms. The van der Waals surface area contributed by atoms with E-state index in [4.69, 9.17) is 9.72 Å². The van der Waals surface area contributed by atoms with Gasteiger partial charge in [0.25, 0.3) is 11.0 Å². The highest BCUT2D eigenvalue weighted by Gasteiger charge is 2.24. The van der Waals surface area contributed by atoms with Crippen molar-refractivity contribution < 1.29 is 24.3 Å². The summed E-state index contributed by atoms with van der Waals surface area (Å²) >= 11 is 0. The van der Waals surface area contributed by atoms with Gasteiger partial charge in [-0.2, -0.15) is 5.21 Å². The number of rotatable bonds is 18. The molecule has 53 heavy (non-hydrogen) atoms. The number of ether oxygens (including phenoxy) is 1. The predicted molar refractivity (Wildman–Crippen MR) is 197 cm³/mol. The lowest BCUT2D eigenvalue weighted by molar-refractivity contribution is -0.757. The van der Waals surface area contributed by atoms with Crippen molar-refractivity contribution in [2.75, 3.05) is 13.2 Å². The highest BCUT2D eigenvalue weighted by atomic mass is 16.9. The first-order valence-corrected chi connectivity index (χ1v) is 17.6. The lowest BCUT2D eigenvalue weighted by Crippen LogP contribution is -2.43. The van der Waals surface area contributed by atoms with Crippen molar-refractivity contribution >= 4 is 22.9 Å². The smallest absolute Gasteiger partial charge is 0.328 e. The molecule has 6 aromatic rings. The van der Waals surface area contributed by atoms with Crippen LogP contribution in [-0.4, -0.2) is 66.4 Å². The summed E-state index contributed by atoms with van der Waals surface area (Å²) in [6.45, 7) is 2.64. The number of carbonyl (C=O) groups is 2. The Morgan fingerprint density at radius 3 is 2.40 bits per heavy atom. The Hall–Kier alpha value is -6.44. The number of aryl methyl sites for hydroxylation is 1. The summed E-state index contributed by atoms with van der Waals surface area (Å²) in [6.07, 6.45) is 3.71. The summed E-state index contributed by atoms with van der Waals surface area (Å²) in [5, 5.41) is 27.0. The molecular weight excluding hydrogens is 676 g/mol. The van der Waals surface area contributed by atoms with E-state index in [1.807, 2.05) is 66.7 Å². The normalized spacial score (nSPS) is 11.6. The van der Waals surface area contributed by atoms with E-state index < -0.39 is 23.0 Å². The fourth-order valence-electron chi connectivity index (χ4n) is 6.10. The van der Waals surface area contributed by atoms with Crippen LogP contribution in [0.4, 0.5) is 0 Å². The van der Waals surface area contributed by atoms with E-state index in [9.17, 15) is 19.7 Å². The first-order valence-electron chi connectivity index (χ1n) is 17.6. The van der Waals surface area contributed by atoms with E-state index >= 15 is 0 Å². The molecule has 272 valence electrons. The summed E-state index contributed by atoms with van der Waals surface area (Å²) in [5.41, 5.74) is 6.78. The summed E-state index contributed by atoms with van der Waals surface area (Å²) in [6, 6.07) is 30.0. The van der Waals surface area contributed by atoms with Gasteiger partial charge in [-0.1, -0.05) is 92.2 Å². The average molecular weight is 717 g/mol. The van der Waals surface area contributed by atoms with E-state index in [1.54, 1.807) is 6.07 Å². The van der Waals surface area contributed by atoms with Crippen LogP contribution >= 0.6 is 0 Å². The van der Waals surface area contributed by atoms with E-state index in [-0.39, 0.29) is 19.6 Å². The number of nitrogens with one attached hydrogen (secondary N) is 2. The fraction of sp³-hybridized carbons (Fsp3) is 0.282. The number of imidazole rings is 1. The molecule has 2 aromatic heterocycles. The van der Waals surface area contributed by atoms with Gasteiger partial charge in [0.05, 0.1) is 24.2 Å². The second-order valence-corrected chi connectivity index (χ2v) is 12.5. The molecule has 2 heterocycles. The lowest BCUT2D eigenvalue weighted by atomic mass is 9.98. The zero-order chi connectivity index (χ0) is 37.0. The summed E-state index contributed by atoms with van der Waals surface area (Å²) in [4.78, 5) is 46.6. The number of aromatic amines is 1. The molecule has 1 atom stereocenters. The molecule has 1 unspecified atom stereocenters.